The number of unbranched alkanes of at least 4 members (excludes halogenated alkanes) is 4. The van der Waals surface area contributed by atoms with Gasteiger partial charge >= 0.3 is 69.5 Å². The van der Waals surface area contributed by atoms with Crippen molar-refractivity contribution < 1.29 is 5.11 Å². The second-order valence-corrected chi connectivity index (χ2v) is 12.3. The van der Waals surface area contributed by atoms with E-state index in [1.54, 1.807) is 20.6 Å². The van der Waals surface area contributed by atoms with Gasteiger partial charge in [-0.3, -0.25) is 0 Å². The SMILES string of the molecule is CC(C)CCCCCSC(=S)CO.CCC[CH2][Sn][CH2]CCC. The van der Waals surface area contributed by atoms with Gasteiger partial charge in [-0.05, 0) is 18.1 Å². The summed E-state index contributed by atoms with van der Waals surface area (Å²) < 4.78 is 3.98. The Balaban J connectivity index is 0. The van der Waals surface area contributed by atoms with Crippen molar-refractivity contribution in [2.45, 2.75) is 87.9 Å². The number of rotatable bonds is 13. The zero-order valence-corrected chi connectivity index (χ0v) is 19.8. The average Bonchev–Trinajstić information content (AvgIpc) is 2.50. The number of aliphatic hydroxyl groups excluding tert-OH is 1. The fourth-order valence-corrected chi connectivity index (χ4v) is 6.87. The summed E-state index contributed by atoms with van der Waals surface area (Å²) in [7, 11) is 0. The van der Waals surface area contributed by atoms with E-state index >= 15 is 0 Å². The Labute approximate surface area is 160 Å². The van der Waals surface area contributed by atoms with Crippen LogP contribution in [0.5, 0.6) is 0 Å². The molecule has 132 valence electrons. The van der Waals surface area contributed by atoms with Crippen molar-refractivity contribution in [3.63, 3.8) is 0 Å². The zero-order valence-electron chi connectivity index (χ0n) is 15.3. The minimum absolute atomic E-state index is 0.0476. The van der Waals surface area contributed by atoms with Crippen molar-refractivity contribution in [1.82, 2.24) is 0 Å². The number of aliphatic hydroxyl groups is 1. The van der Waals surface area contributed by atoms with Gasteiger partial charge in [0.1, 0.15) is 0 Å². The normalized spacial score (nSPS) is 10.5. The molecule has 0 unspecified atom stereocenters. The molecule has 0 saturated carbocycles. The molecule has 4 heteroatoms. The first-order valence-electron chi connectivity index (χ1n) is 9.05. The number of thiocarbonyl (C=S) groups is 1. The van der Waals surface area contributed by atoms with Gasteiger partial charge in [0.05, 0.1) is 10.8 Å². The monoisotopic (exact) mass is 454 g/mol. The van der Waals surface area contributed by atoms with Crippen LogP contribution in [0, 0.1) is 5.92 Å². The maximum absolute atomic E-state index is 8.65. The molecule has 0 fully saturated rings. The molecular formula is C18H38OS2Sn. The molecule has 0 bridgehead atoms. The quantitative estimate of drug-likeness (QED) is 0.199. The van der Waals surface area contributed by atoms with E-state index in [4.69, 9.17) is 17.3 Å². The summed E-state index contributed by atoms with van der Waals surface area (Å²) in [6.45, 7) is 9.15. The molecule has 0 aliphatic rings. The van der Waals surface area contributed by atoms with E-state index in [2.05, 4.69) is 27.7 Å². The molecule has 1 N–H and O–H groups in total. The number of hydrogen-bond acceptors (Lipinski definition) is 3. The molecule has 0 heterocycles. The molecule has 0 spiro atoms. The van der Waals surface area contributed by atoms with E-state index in [0.29, 0.717) is 0 Å². The van der Waals surface area contributed by atoms with Crippen LogP contribution in [-0.4, -0.2) is 42.8 Å². The predicted octanol–water partition coefficient (Wildman–Crippen LogP) is 6.38. The summed E-state index contributed by atoms with van der Waals surface area (Å²) in [6, 6.07) is 0. The van der Waals surface area contributed by atoms with Crippen LogP contribution in [0.15, 0.2) is 0 Å². The maximum atomic E-state index is 8.65. The molecule has 0 aliphatic carbocycles. The first-order chi connectivity index (χ1) is 10.6. The molecular weight excluding hydrogens is 415 g/mol. The number of hydrogen-bond donors (Lipinski definition) is 1. The van der Waals surface area contributed by atoms with Crippen LogP contribution in [0.3, 0.4) is 0 Å². The van der Waals surface area contributed by atoms with Gasteiger partial charge in [0.25, 0.3) is 0 Å². The van der Waals surface area contributed by atoms with Gasteiger partial charge in [-0.2, -0.15) is 0 Å². The molecule has 0 aliphatic heterocycles. The second-order valence-electron chi connectivity index (χ2n) is 6.08. The average molecular weight is 453 g/mol. The molecule has 0 rings (SSSR count). The second kappa shape index (κ2) is 22.2. The Hall–Kier alpha value is 1.20. The van der Waals surface area contributed by atoms with Gasteiger partial charge in [-0.15, -0.1) is 11.8 Å². The summed E-state index contributed by atoms with van der Waals surface area (Å²) in [6.07, 6.45) is 11.0. The van der Waals surface area contributed by atoms with Crippen LogP contribution in [0.25, 0.3) is 0 Å². The summed E-state index contributed by atoms with van der Waals surface area (Å²) >= 11 is 6.65. The van der Waals surface area contributed by atoms with Gasteiger partial charge < -0.3 is 5.11 Å². The summed E-state index contributed by atoms with van der Waals surface area (Å²) in [5, 5.41) is 8.65. The molecule has 0 aromatic rings. The van der Waals surface area contributed by atoms with Crippen LogP contribution in [0.2, 0.25) is 8.87 Å². The molecule has 1 nitrogen and oxygen atoms in total. The van der Waals surface area contributed by atoms with E-state index in [0.717, 1.165) is 15.9 Å². The van der Waals surface area contributed by atoms with E-state index < -0.39 is 0 Å². The van der Waals surface area contributed by atoms with Crippen molar-refractivity contribution in [2.24, 2.45) is 5.92 Å². The van der Waals surface area contributed by atoms with Crippen LogP contribution < -0.4 is 0 Å². The van der Waals surface area contributed by atoms with Crippen LogP contribution in [-0.2, 0) is 0 Å². The Kier molecular flexibility index (Phi) is 25.7. The summed E-state index contributed by atoms with van der Waals surface area (Å²) in [5.74, 6) is 1.89. The fraction of sp³-hybridized carbons (Fsp3) is 0.944. The molecule has 2 radical (unpaired) electrons. The van der Waals surface area contributed by atoms with Crippen molar-refractivity contribution in [2.75, 3.05) is 12.4 Å². The van der Waals surface area contributed by atoms with E-state index in [-0.39, 0.29) is 27.7 Å². The van der Waals surface area contributed by atoms with E-state index in [9.17, 15) is 0 Å². The Morgan fingerprint density at radius 2 is 1.59 bits per heavy atom. The molecule has 0 amide bonds. The van der Waals surface area contributed by atoms with Crippen molar-refractivity contribution in [3.8, 4) is 0 Å². The van der Waals surface area contributed by atoms with Crippen LogP contribution >= 0.6 is 24.0 Å². The first kappa shape index (κ1) is 25.4. The van der Waals surface area contributed by atoms with Gasteiger partial charge in [0.2, 0.25) is 0 Å². The van der Waals surface area contributed by atoms with E-state index in [1.807, 2.05) is 0 Å². The minimum atomic E-state index is 0.0476. The molecule has 0 aromatic carbocycles. The fourth-order valence-electron chi connectivity index (χ4n) is 1.79. The Morgan fingerprint density at radius 3 is 2.05 bits per heavy atom. The predicted molar refractivity (Wildman–Crippen MR) is 111 cm³/mol. The van der Waals surface area contributed by atoms with Gasteiger partial charge in [-0.25, -0.2) is 0 Å². The Bertz CT molecular complexity index is 217. The molecule has 22 heavy (non-hydrogen) atoms. The summed E-state index contributed by atoms with van der Waals surface area (Å²) in [5.41, 5.74) is 0. The third-order valence-electron chi connectivity index (χ3n) is 3.23. The van der Waals surface area contributed by atoms with Crippen molar-refractivity contribution in [1.29, 1.82) is 0 Å². The first-order valence-corrected chi connectivity index (χ1v) is 14.5. The van der Waals surface area contributed by atoms with E-state index in [1.165, 1.54) is 51.4 Å². The Morgan fingerprint density at radius 1 is 1.00 bits per heavy atom. The van der Waals surface area contributed by atoms with Crippen molar-refractivity contribution >= 4 is 49.3 Å². The van der Waals surface area contributed by atoms with Crippen LogP contribution in [0.1, 0.15) is 79.1 Å². The standard InChI is InChI=1S/C10H20OS2.2C4H9.Sn/c1-9(2)6-4-3-5-7-13-10(12)8-11;2*1-3-4-2;/h9,11H,3-8H2,1-2H3;2*1,3-4H2,2H3;. The van der Waals surface area contributed by atoms with Crippen LogP contribution in [0.4, 0.5) is 0 Å². The number of thioether (sulfide) groups is 1. The van der Waals surface area contributed by atoms with Gasteiger partial charge in [0, 0.05) is 0 Å². The molecule has 0 aromatic heterocycles. The van der Waals surface area contributed by atoms with Gasteiger partial charge in [-0.1, -0.05) is 45.3 Å². The van der Waals surface area contributed by atoms with Gasteiger partial charge in [0.15, 0.2) is 0 Å². The zero-order chi connectivity index (χ0) is 17.1. The van der Waals surface area contributed by atoms with Crippen molar-refractivity contribution in [3.05, 3.63) is 0 Å². The molecule has 0 atom stereocenters. The topological polar surface area (TPSA) is 20.2 Å². The third kappa shape index (κ3) is 26.1. The summed E-state index contributed by atoms with van der Waals surface area (Å²) in [4.78, 5) is 0. The molecule has 0 saturated heterocycles. The third-order valence-corrected chi connectivity index (χ3v) is 8.70.